The van der Waals surface area contributed by atoms with Crippen molar-refractivity contribution in [2.24, 2.45) is 13.0 Å². The van der Waals surface area contributed by atoms with Crippen LogP contribution in [0.1, 0.15) is 36.1 Å². The minimum atomic E-state index is -0.518. The number of rotatable bonds is 5. The van der Waals surface area contributed by atoms with Crippen LogP contribution >= 0.6 is 0 Å². The lowest BCUT2D eigenvalue weighted by molar-refractivity contribution is 0.0922. The second-order valence-corrected chi connectivity index (χ2v) is 7.13. The summed E-state index contributed by atoms with van der Waals surface area (Å²) in [6.07, 6.45) is 1.36. The Labute approximate surface area is 166 Å². The number of aryl methyl sites for hydroxylation is 1. The fraction of sp³-hybridized carbons (Fsp3) is 0.250. The number of para-hydroxylation sites is 2. The number of aromatic nitrogens is 6. The highest BCUT2D eigenvalue weighted by molar-refractivity contribution is 5.98. The Kier molecular flexibility index (Phi) is 4.79. The SMILES string of the molecule is CC(C)[C@@H](NC(=O)c1cc(F)ccc1-n1cnnn1)c1nc2ccccc2n1C. The number of imidazole rings is 1. The second kappa shape index (κ2) is 7.42. The van der Waals surface area contributed by atoms with Gasteiger partial charge in [0.05, 0.1) is 28.3 Å². The van der Waals surface area contributed by atoms with E-state index in [4.69, 9.17) is 4.98 Å². The first-order chi connectivity index (χ1) is 14.0. The fourth-order valence-electron chi connectivity index (χ4n) is 3.35. The van der Waals surface area contributed by atoms with Crippen molar-refractivity contribution in [1.82, 2.24) is 35.1 Å². The Hall–Kier alpha value is -3.62. The van der Waals surface area contributed by atoms with Gasteiger partial charge in [-0.3, -0.25) is 4.79 Å². The summed E-state index contributed by atoms with van der Waals surface area (Å²) in [5, 5.41) is 14.0. The van der Waals surface area contributed by atoms with E-state index in [1.165, 1.54) is 29.2 Å². The van der Waals surface area contributed by atoms with E-state index in [1.54, 1.807) is 0 Å². The van der Waals surface area contributed by atoms with Crippen LogP contribution in [0.25, 0.3) is 16.7 Å². The molecule has 0 bridgehead atoms. The number of nitrogens with one attached hydrogen (secondary N) is 1. The number of hydrogen-bond acceptors (Lipinski definition) is 5. The van der Waals surface area contributed by atoms with Crippen LogP contribution in [0.3, 0.4) is 0 Å². The van der Waals surface area contributed by atoms with Crippen molar-refractivity contribution in [2.45, 2.75) is 19.9 Å². The van der Waals surface area contributed by atoms with E-state index in [9.17, 15) is 9.18 Å². The first kappa shape index (κ1) is 18.7. The molecule has 4 rings (SSSR count). The number of tetrazole rings is 1. The summed E-state index contributed by atoms with van der Waals surface area (Å²) < 4.78 is 17.2. The molecule has 148 valence electrons. The maximum Gasteiger partial charge on any atom is 0.254 e. The predicted octanol–water partition coefficient (Wildman–Crippen LogP) is 2.82. The largest absolute Gasteiger partial charge is 0.342 e. The average Bonchev–Trinajstić information content (AvgIpc) is 3.34. The zero-order chi connectivity index (χ0) is 20.5. The zero-order valence-corrected chi connectivity index (χ0v) is 16.2. The van der Waals surface area contributed by atoms with Gasteiger partial charge in [0.2, 0.25) is 0 Å². The summed E-state index contributed by atoms with van der Waals surface area (Å²) in [5.74, 6) is -0.161. The minimum absolute atomic E-state index is 0.0551. The quantitative estimate of drug-likeness (QED) is 0.563. The van der Waals surface area contributed by atoms with E-state index in [0.717, 1.165) is 16.9 Å². The van der Waals surface area contributed by atoms with Crippen LogP contribution in [0.15, 0.2) is 48.8 Å². The van der Waals surface area contributed by atoms with E-state index in [-0.39, 0.29) is 17.5 Å². The topological polar surface area (TPSA) is 90.5 Å². The van der Waals surface area contributed by atoms with E-state index >= 15 is 0 Å². The molecule has 29 heavy (non-hydrogen) atoms. The van der Waals surface area contributed by atoms with Crippen LogP contribution in [0.5, 0.6) is 0 Å². The van der Waals surface area contributed by atoms with Gasteiger partial charge in [-0.15, -0.1) is 5.10 Å². The number of carbonyl (C=O) groups excluding carboxylic acids is 1. The molecule has 0 aliphatic rings. The molecule has 0 radical (unpaired) electrons. The van der Waals surface area contributed by atoms with Crippen LogP contribution < -0.4 is 5.32 Å². The summed E-state index contributed by atoms with van der Waals surface area (Å²) in [6, 6.07) is 11.3. The van der Waals surface area contributed by atoms with Gasteiger partial charge in [-0.05, 0) is 46.7 Å². The van der Waals surface area contributed by atoms with Gasteiger partial charge in [-0.1, -0.05) is 26.0 Å². The van der Waals surface area contributed by atoms with Gasteiger partial charge in [0.1, 0.15) is 18.0 Å². The van der Waals surface area contributed by atoms with Gasteiger partial charge in [0.15, 0.2) is 0 Å². The maximum absolute atomic E-state index is 13.9. The number of halogens is 1. The zero-order valence-electron chi connectivity index (χ0n) is 16.2. The highest BCUT2D eigenvalue weighted by Crippen LogP contribution is 2.26. The van der Waals surface area contributed by atoms with Crippen molar-refractivity contribution in [3.63, 3.8) is 0 Å². The van der Waals surface area contributed by atoms with Crippen LogP contribution in [0.4, 0.5) is 4.39 Å². The average molecular weight is 393 g/mol. The Bertz CT molecular complexity index is 1170. The highest BCUT2D eigenvalue weighted by Gasteiger charge is 2.26. The highest BCUT2D eigenvalue weighted by atomic mass is 19.1. The molecule has 2 aromatic heterocycles. The summed E-state index contributed by atoms with van der Waals surface area (Å²) in [7, 11) is 1.92. The normalized spacial score (nSPS) is 12.4. The van der Waals surface area contributed by atoms with Crippen molar-refractivity contribution in [2.75, 3.05) is 0 Å². The number of carbonyl (C=O) groups is 1. The molecule has 0 aliphatic carbocycles. The van der Waals surface area contributed by atoms with Gasteiger partial charge < -0.3 is 9.88 Å². The van der Waals surface area contributed by atoms with E-state index < -0.39 is 11.7 Å². The fourth-order valence-corrected chi connectivity index (χ4v) is 3.35. The first-order valence-corrected chi connectivity index (χ1v) is 9.21. The summed E-state index contributed by atoms with van der Waals surface area (Å²) in [5.41, 5.74) is 2.36. The smallest absolute Gasteiger partial charge is 0.254 e. The molecule has 0 spiro atoms. The molecular formula is C20H20FN7O. The summed E-state index contributed by atoms with van der Waals surface area (Å²) >= 11 is 0. The van der Waals surface area contributed by atoms with Crippen LogP contribution in [0.2, 0.25) is 0 Å². The lowest BCUT2D eigenvalue weighted by Gasteiger charge is -2.22. The predicted molar refractivity (Wildman–Crippen MR) is 105 cm³/mol. The Morgan fingerprint density at radius 2 is 1.97 bits per heavy atom. The Balaban J connectivity index is 1.72. The number of amides is 1. The molecule has 0 unspecified atom stereocenters. The second-order valence-electron chi connectivity index (χ2n) is 7.13. The monoisotopic (exact) mass is 393 g/mol. The van der Waals surface area contributed by atoms with Crippen molar-refractivity contribution in [3.05, 3.63) is 66.0 Å². The molecule has 2 heterocycles. The third-order valence-electron chi connectivity index (χ3n) is 4.85. The summed E-state index contributed by atoms with van der Waals surface area (Å²) in [6.45, 7) is 4.00. The van der Waals surface area contributed by atoms with Gasteiger partial charge in [0.25, 0.3) is 5.91 Å². The van der Waals surface area contributed by atoms with Crippen LogP contribution in [-0.4, -0.2) is 35.7 Å². The molecule has 4 aromatic rings. The molecule has 0 aliphatic heterocycles. The molecule has 1 amide bonds. The molecule has 9 heteroatoms. The van der Waals surface area contributed by atoms with Crippen LogP contribution in [0, 0.1) is 11.7 Å². The lowest BCUT2D eigenvalue weighted by atomic mass is 10.0. The van der Waals surface area contributed by atoms with Crippen LogP contribution in [-0.2, 0) is 7.05 Å². The third kappa shape index (κ3) is 3.46. The maximum atomic E-state index is 13.9. The molecule has 2 aromatic carbocycles. The van der Waals surface area contributed by atoms with Gasteiger partial charge in [-0.25, -0.2) is 9.37 Å². The lowest BCUT2D eigenvalue weighted by Crippen LogP contribution is -2.34. The Morgan fingerprint density at radius 1 is 1.17 bits per heavy atom. The van der Waals surface area contributed by atoms with Gasteiger partial charge in [0, 0.05) is 7.05 Å². The van der Waals surface area contributed by atoms with E-state index in [2.05, 4.69) is 20.8 Å². The molecule has 1 N–H and O–H groups in total. The molecular weight excluding hydrogens is 373 g/mol. The molecule has 0 saturated carbocycles. The van der Waals surface area contributed by atoms with Crippen molar-refractivity contribution in [1.29, 1.82) is 0 Å². The van der Waals surface area contributed by atoms with Gasteiger partial charge in [-0.2, -0.15) is 4.68 Å². The van der Waals surface area contributed by atoms with Gasteiger partial charge >= 0.3 is 0 Å². The van der Waals surface area contributed by atoms with E-state index in [0.29, 0.717) is 5.69 Å². The van der Waals surface area contributed by atoms with E-state index in [1.807, 2.05) is 49.7 Å². The molecule has 0 saturated heterocycles. The van der Waals surface area contributed by atoms with Crippen molar-refractivity contribution in [3.8, 4) is 5.69 Å². The minimum Gasteiger partial charge on any atom is -0.342 e. The number of fused-ring (bicyclic) bond motifs is 1. The first-order valence-electron chi connectivity index (χ1n) is 9.21. The number of hydrogen-bond donors (Lipinski definition) is 1. The molecule has 1 atom stereocenters. The summed E-state index contributed by atoms with van der Waals surface area (Å²) in [4.78, 5) is 17.8. The standard InChI is InChI=1S/C20H20FN7O/c1-12(2)18(19-23-15-6-4-5-7-17(15)27(19)3)24-20(29)14-10-13(21)8-9-16(14)28-11-22-25-26-28/h4-12,18H,1-3H3,(H,24,29)/t18-/m1/s1. The van der Waals surface area contributed by atoms with Crippen molar-refractivity contribution < 1.29 is 9.18 Å². The molecule has 8 nitrogen and oxygen atoms in total. The Morgan fingerprint density at radius 3 is 2.66 bits per heavy atom. The third-order valence-corrected chi connectivity index (χ3v) is 4.85. The van der Waals surface area contributed by atoms with Crippen molar-refractivity contribution >= 4 is 16.9 Å². The number of benzene rings is 2. The number of nitrogens with zero attached hydrogens (tertiary/aromatic N) is 6. The molecule has 0 fully saturated rings.